The van der Waals surface area contributed by atoms with Crippen molar-refractivity contribution in [3.8, 4) is 17.3 Å². The molecule has 2 aromatic heterocycles. The molecular formula is C15H14N2O3. The van der Waals surface area contributed by atoms with Crippen molar-refractivity contribution in [3.63, 3.8) is 0 Å². The molecule has 0 bridgehead atoms. The number of nitrogens with zero attached hydrogens (tertiary/aromatic N) is 2. The quantitative estimate of drug-likeness (QED) is 0.684. The van der Waals surface area contributed by atoms with Crippen LogP contribution in [0.15, 0.2) is 41.1 Å². The molecule has 0 spiro atoms. The minimum atomic E-state index is 0.242. The molecule has 1 aromatic carbocycles. The standard InChI is InChI=1S/C15H14N2O3/c1-17-6-5-16-15(17)14-7-11-12(19-9-10-8-18-10)3-2-4-13(11)20-14/h2-7,10H,8-9H2,1H3/t10-/m0/s1. The number of rotatable bonds is 4. The third-order valence-corrected chi connectivity index (χ3v) is 3.39. The van der Waals surface area contributed by atoms with Crippen molar-refractivity contribution in [3.05, 3.63) is 36.7 Å². The van der Waals surface area contributed by atoms with Crippen LogP contribution in [0.1, 0.15) is 0 Å². The Morgan fingerprint density at radius 2 is 2.35 bits per heavy atom. The fourth-order valence-corrected chi connectivity index (χ4v) is 2.22. The fourth-order valence-electron chi connectivity index (χ4n) is 2.22. The van der Waals surface area contributed by atoms with Gasteiger partial charge in [0, 0.05) is 19.4 Å². The van der Waals surface area contributed by atoms with E-state index in [1.807, 2.05) is 42.1 Å². The van der Waals surface area contributed by atoms with Crippen LogP contribution in [0.5, 0.6) is 5.75 Å². The molecule has 4 rings (SSSR count). The Morgan fingerprint density at radius 1 is 1.45 bits per heavy atom. The summed E-state index contributed by atoms with van der Waals surface area (Å²) in [5.41, 5.74) is 0.803. The summed E-state index contributed by atoms with van der Waals surface area (Å²) in [4.78, 5) is 4.30. The Kier molecular flexibility index (Phi) is 2.53. The van der Waals surface area contributed by atoms with Gasteiger partial charge in [0.15, 0.2) is 11.6 Å². The highest BCUT2D eigenvalue weighted by Crippen LogP contribution is 2.33. The van der Waals surface area contributed by atoms with E-state index in [9.17, 15) is 0 Å². The molecule has 1 saturated heterocycles. The Hall–Kier alpha value is -2.27. The average molecular weight is 270 g/mol. The lowest BCUT2D eigenvalue weighted by molar-refractivity contribution is 0.265. The number of fused-ring (bicyclic) bond motifs is 1. The van der Waals surface area contributed by atoms with Gasteiger partial charge in [-0.3, -0.25) is 0 Å². The highest BCUT2D eigenvalue weighted by Gasteiger charge is 2.23. The second-order valence-corrected chi connectivity index (χ2v) is 4.91. The largest absolute Gasteiger partial charge is 0.490 e. The van der Waals surface area contributed by atoms with E-state index in [0.717, 1.165) is 34.9 Å². The minimum absolute atomic E-state index is 0.242. The predicted molar refractivity (Wildman–Crippen MR) is 73.7 cm³/mol. The highest BCUT2D eigenvalue weighted by molar-refractivity contribution is 5.87. The molecule has 20 heavy (non-hydrogen) atoms. The Morgan fingerprint density at radius 3 is 3.10 bits per heavy atom. The van der Waals surface area contributed by atoms with Crippen LogP contribution >= 0.6 is 0 Å². The second-order valence-electron chi connectivity index (χ2n) is 4.91. The van der Waals surface area contributed by atoms with E-state index < -0.39 is 0 Å². The van der Waals surface area contributed by atoms with E-state index in [1.54, 1.807) is 6.20 Å². The second kappa shape index (κ2) is 4.38. The molecule has 0 saturated carbocycles. The van der Waals surface area contributed by atoms with E-state index in [2.05, 4.69) is 4.98 Å². The number of ether oxygens (including phenoxy) is 2. The zero-order chi connectivity index (χ0) is 13.5. The fraction of sp³-hybridized carbons (Fsp3) is 0.267. The van der Waals surface area contributed by atoms with Crippen LogP contribution < -0.4 is 4.74 Å². The van der Waals surface area contributed by atoms with Gasteiger partial charge >= 0.3 is 0 Å². The Bertz CT molecular complexity index is 755. The molecule has 3 heterocycles. The predicted octanol–water partition coefficient (Wildman–Crippen LogP) is 2.61. The Labute approximate surface area is 115 Å². The summed E-state index contributed by atoms with van der Waals surface area (Å²) in [7, 11) is 1.94. The van der Waals surface area contributed by atoms with Gasteiger partial charge in [-0.25, -0.2) is 4.98 Å². The van der Waals surface area contributed by atoms with Crippen molar-refractivity contribution < 1.29 is 13.9 Å². The van der Waals surface area contributed by atoms with Crippen molar-refractivity contribution in [1.29, 1.82) is 0 Å². The molecule has 0 unspecified atom stereocenters. The summed E-state index contributed by atoms with van der Waals surface area (Å²) in [6, 6.07) is 7.78. The summed E-state index contributed by atoms with van der Waals surface area (Å²) >= 11 is 0. The van der Waals surface area contributed by atoms with E-state index >= 15 is 0 Å². The van der Waals surface area contributed by atoms with Crippen LogP contribution in [0, 0.1) is 0 Å². The molecule has 0 N–H and O–H groups in total. The van der Waals surface area contributed by atoms with Gasteiger partial charge in [-0.05, 0) is 18.2 Å². The van der Waals surface area contributed by atoms with Crippen LogP contribution in [-0.2, 0) is 11.8 Å². The first-order valence-electron chi connectivity index (χ1n) is 6.56. The summed E-state index contributed by atoms with van der Waals surface area (Å²) in [6.07, 6.45) is 3.89. The topological polar surface area (TPSA) is 52.7 Å². The van der Waals surface area contributed by atoms with Crippen molar-refractivity contribution in [2.24, 2.45) is 7.05 Å². The van der Waals surface area contributed by atoms with E-state index in [1.165, 1.54) is 0 Å². The lowest BCUT2D eigenvalue weighted by Crippen LogP contribution is -2.03. The van der Waals surface area contributed by atoms with Crippen LogP contribution in [0.3, 0.4) is 0 Å². The van der Waals surface area contributed by atoms with Gasteiger partial charge in [0.2, 0.25) is 0 Å². The number of hydrogen-bond donors (Lipinski definition) is 0. The maximum atomic E-state index is 5.86. The number of imidazole rings is 1. The van der Waals surface area contributed by atoms with E-state index in [-0.39, 0.29) is 6.10 Å². The van der Waals surface area contributed by atoms with Gasteiger partial charge in [0.1, 0.15) is 24.0 Å². The first-order valence-corrected chi connectivity index (χ1v) is 6.56. The van der Waals surface area contributed by atoms with Crippen molar-refractivity contribution in [2.75, 3.05) is 13.2 Å². The summed E-state index contributed by atoms with van der Waals surface area (Å²) in [5.74, 6) is 2.37. The molecule has 5 nitrogen and oxygen atoms in total. The molecule has 1 aliphatic heterocycles. The molecule has 0 amide bonds. The van der Waals surface area contributed by atoms with Crippen molar-refractivity contribution in [1.82, 2.24) is 9.55 Å². The lowest BCUT2D eigenvalue weighted by atomic mass is 10.2. The molecular weight excluding hydrogens is 256 g/mol. The summed E-state index contributed by atoms with van der Waals surface area (Å²) < 4.78 is 18.7. The summed E-state index contributed by atoms with van der Waals surface area (Å²) in [5, 5.41) is 0.964. The zero-order valence-corrected chi connectivity index (χ0v) is 11.1. The molecule has 1 fully saturated rings. The third-order valence-electron chi connectivity index (χ3n) is 3.39. The lowest BCUT2D eigenvalue weighted by Gasteiger charge is -2.04. The first-order chi connectivity index (χ1) is 9.81. The van der Waals surface area contributed by atoms with Gasteiger partial charge in [0.25, 0.3) is 0 Å². The number of benzene rings is 1. The maximum Gasteiger partial charge on any atom is 0.175 e. The van der Waals surface area contributed by atoms with Gasteiger partial charge in [-0.1, -0.05) is 6.07 Å². The minimum Gasteiger partial charge on any atom is -0.490 e. The third kappa shape index (κ3) is 1.96. The van der Waals surface area contributed by atoms with Crippen LogP contribution in [0.2, 0.25) is 0 Å². The van der Waals surface area contributed by atoms with Crippen molar-refractivity contribution in [2.45, 2.75) is 6.10 Å². The average Bonchev–Trinajstić information content (AvgIpc) is 3.01. The molecule has 5 heteroatoms. The van der Waals surface area contributed by atoms with Crippen LogP contribution in [0.4, 0.5) is 0 Å². The number of aromatic nitrogens is 2. The van der Waals surface area contributed by atoms with E-state index in [4.69, 9.17) is 13.9 Å². The monoisotopic (exact) mass is 270 g/mol. The number of aryl methyl sites for hydroxylation is 1. The molecule has 1 atom stereocenters. The van der Waals surface area contributed by atoms with E-state index in [0.29, 0.717) is 6.61 Å². The maximum absolute atomic E-state index is 5.86. The smallest absolute Gasteiger partial charge is 0.175 e. The van der Waals surface area contributed by atoms with Crippen LogP contribution in [-0.4, -0.2) is 28.9 Å². The molecule has 0 radical (unpaired) electrons. The molecule has 3 aromatic rings. The van der Waals surface area contributed by atoms with Gasteiger partial charge in [0.05, 0.1) is 12.0 Å². The van der Waals surface area contributed by atoms with Gasteiger partial charge < -0.3 is 18.5 Å². The normalized spacial score (nSPS) is 17.6. The van der Waals surface area contributed by atoms with Crippen LogP contribution in [0.25, 0.3) is 22.6 Å². The SMILES string of the molecule is Cn1ccnc1-c1cc2c(OC[C@@H]3CO3)cccc2o1. The molecule has 0 aliphatic carbocycles. The first kappa shape index (κ1) is 11.5. The molecule has 1 aliphatic rings. The number of hydrogen-bond acceptors (Lipinski definition) is 4. The Balaban J connectivity index is 1.74. The van der Waals surface area contributed by atoms with Gasteiger partial charge in [-0.2, -0.15) is 0 Å². The highest BCUT2D eigenvalue weighted by atomic mass is 16.6. The number of furan rings is 1. The summed E-state index contributed by atoms with van der Waals surface area (Å²) in [6.45, 7) is 1.38. The molecule has 102 valence electrons. The number of epoxide rings is 1. The zero-order valence-electron chi connectivity index (χ0n) is 11.1. The van der Waals surface area contributed by atoms with Gasteiger partial charge in [-0.15, -0.1) is 0 Å². The van der Waals surface area contributed by atoms with Crippen molar-refractivity contribution >= 4 is 11.0 Å².